The number of halogens is 1. The number of likely N-dealkylation sites (tertiary alicyclic amines) is 1. The van der Waals surface area contributed by atoms with Gasteiger partial charge in [-0.05, 0) is 75.6 Å². The summed E-state index contributed by atoms with van der Waals surface area (Å²) in [4.78, 5) is 21.7. The molecule has 0 unspecified atom stereocenters. The van der Waals surface area contributed by atoms with Crippen molar-refractivity contribution in [1.29, 1.82) is 5.26 Å². The predicted octanol–water partition coefficient (Wildman–Crippen LogP) is 5.36. The number of allylic oxidation sites excluding steroid dienone is 2. The van der Waals surface area contributed by atoms with E-state index in [4.69, 9.17) is 10.5 Å². The second-order valence-electron chi connectivity index (χ2n) is 9.88. The molecule has 2 aliphatic rings. The first-order valence-corrected chi connectivity index (χ1v) is 13.9. The van der Waals surface area contributed by atoms with Gasteiger partial charge in [0.25, 0.3) is 5.91 Å². The number of piperidine rings is 1. The number of anilines is 1. The number of benzene rings is 1. The average Bonchev–Trinajstić information content (AvgIpc) is 3.13. The van der Waals surface area contributed by atoms with Gasteiger partial charge in [-0.15, -0.1) is 0 Å². The first kappa shape index (κ1) is 27.7. The second-order valence-corrected chi connectivity index (χ2v) is 11.1. The fourth-order valence-corrected chi connectivity index (χ4v) is 5.79. The van der Waals surface area contributed by atoms with Gasteiger partial charge in [-0.3, -0.25) is 9.69 Å². The molecule has 4 rings (SSSR count). The van der Waals surface area contributed by atoms with Crippen LogP contribution in [0.15, 0.2) is 47.4 Å². The van der Waals surface area contributed by atoms with Crippen LogP contribution in [0.3, 0.4) is 0 Å². The first-order chi connectivity index (χ1) is 18.3. The van der Waals surface area contributed by atoms with Crippen molar-refractivity contribution < 1.29 is 13.9 Å². The highest BCUT2D eigenvalue weighted by Gasteiger charge is 2.23. The Hall–Kier alpha value is -3.35. The molecule has 9 heteroatoms. The number of aromatic nitrogens is 1. The molecule has 0 radical (unpaired) electrons. The van der Waals surface area contributed by atoms with Gasteiger partial charge in [0.2, 0.25) is 5.88 Å². The molecule has 0 bridgehead atoms. The van der Waals surface area contributed by atoms with Gasteiger partial charge >= 0.3 is 0 Å². The Morgan fingerprint density at radius 1 is 1.29 bits per heavy atom. The summed E-state index contributed by atoms with van der Waals surface area (Å²) in [6.45, 7) is 6.91. The molecular weight excluding hydrogens is 501 g/mol. The molecule has 0 aliphatic carbocycles. The number of carbonyl (C=O) groups is 1. The Balaban J connectivity index is 1.27. The molecule has 0 atom stereocenters. The Morgan fingerprint density at radius 2 is 2.03 bits per heavy atom. The van der Waals surface area contributed by atoms with E-state index in [1.54, 1.807) is 17.8 Å². The van der Waals surface area contributed by atoms with Gasteiger partial charge < -0.3 is 15.8 Å². The Morgan fingerprint density at radius 3 is 2.74 bits per heavy atom. The number of rotatable bonds is 8. The molecule has 0 saturated carbocycles. The quantitative estimate of drug-likeness (QED) is 0.469. The SMILES string of the molecule is CC(C)Oc1nc(C(=O)NCC2CCN(CC3=CCCC=C(c4ccccc4F)S3)CC2)cc(N)c1C#N. The number of nitriles is 1. The summed E-state index contributed by atoms with van der Waals surface area (Å²) >= 11 is 1.67. The average molecular weight is 536 g/mol. The maximum atomic E-state index is 14.4. The van der Waals surface area contributed by atoms with E-state index in [9.17, 15) is 14.4 Å². The van der Waals surface area contributed by atoms with Crippen LogP contribution in [0, 0.1) is 23.1 Å². The van der Waals surface area contributed by atoms with Crippen LogP contribution in [0.5, 0.6) is 5.88 Å². The minimum atomic E-state index is -0.329. The standard InChI is InChI=1S/C29H34FN5O2S/c1-19(2)37-29-23(16-31)25(32)15-26(34-29)28(36)33-17-20-11-13-35(14-12-20)18-21-7-3-6-10-27(38-21)22-8-4-5-9-24(22)30/h4-5,7-10,15,19-20H,3,6,11-14,17-18H2,1-2H3,(H2,32,34)(H,33,36). The summed E-state index contributed by atoms with van der Waals surface area (Å²) in [5, 5.41) is 12.3. The summed E-state index contributed by atoms with van der Waals surface area (Å²) in [6.07, 6.45) is 8.02. The van der Waals surface area contributed by atoms with Crippen molar-refractivity contribution in [2.24, 2.45) is 5.92 Å². The number of nitrogens with two attached hydrogens (primary N) is 1. The van der Waals surface area contributed by atoms with E-state index >= 15 is 0 Å². The number of nitrogens with one attached hydrogen (secondary N) is 1. The molecule has 3 heterocycles. The molecule has 0 spiro atoms. The van der Waals surface area contributed by atoms with Crippen molar-refractivity contribution in [3.05, 3.63) is 70.0 Å². The maximum Gasteiger partial charge on any atom is 0.270 e. The molecule has 1 fully saturated rings. The topological polar surface area (TPSA) is 104 Å². The Bertz CT molecular complexity index is 1260. The molecular formula is C29H34FN5O2S. The maximum absolute atomic E-state index is 14.4. The van der Waals surface area contributed by atoms with Crippen LogP contribution >= 0.6 is 11.8 Å². The Kier molecular flexibility index (Phi) is 9.43. The van der Waals surface area contributed by atoms with Gasteiger partial charge in [-0.1, -0.05) is 42.1 Å². The summed E-state index contributed by atoms with van der Waals surface area (Å²) in [5.41, 5.74) is 7.11. The number of carbonyl (C=O) groups excluding carboxylic acids is 1. The van der Waals surface area contributed by atoms with E-state index in [1.807, 2.05) is 32.0 Å². The molecule has 1 amide bonds. The van der Waals surface area contributed by atoms with Crippen molar-refractivity contribution in [2.45, 2.75) is 45.6 Å². The lowest BCUT2D eigenvalue weighted by molar-refractivity contribution is 0.0930. The van der Waals surface area contributed by atoms with Crippen LogP contribution in [0.4, 0.5) is 10.1 Å². The predicted molar refractivity (Wildman–Crippen MR) is 150 cm³/mol. The summed E-state index contributed by atoms with van der Waals surface area (Å²) in [6, 6.07) is 10.4. The fourth-order valence-electron chi connectivity index (χ4n) is 4.58. The van der Waals surface area contributed by atoms with E-state index < -0.39 is 0 Å². The van der Waals surface area contributed by atoms with Gasteiger partial charge in [0.1, 0.15) is 23.1 Å². The zero-order chi connectivity index (χ0) is 27.1. The van der Waals surface area contributed by atoms with Crippen molar-refractivity contribution >= 4 is 28.3 Å². The number of amides is 1. The Labute approximate surface area is 227 Å². The number of hydrogen-bond donors (Lipinski definition) is 2. The molecule has 2 aromatic rings. The molecule has 7 nitrogen and oxygen atoms in total. The lowest BCUT2D eigenvalue weighted by Crippen LogP contribution is -2.39. The molecule has 1 saturated heterocycles. The molecule has 1 aromatic carbocycles. The molecule has 200 valence electrons. The van der Waals surface area contributed by atoms with Crippen LogP contribution in [0.25, 0.3) is 4.91 Å². The van der Waals surface area contributed by atoms with E-state index in [0.717, 1.165) is 50.2 Å². The lowest BCUT2D eigenvalue weighted by atomic mass is 9.96. The number of hydrogen-bond acceptors (Lipinski definition) is 7. The zero-order valence-corrected chi connectivity index (χ0v) is 22.7. The van der Waals surface area contributed by atoms with E-state index in [0.29, 0.717) is 18.0 Å². The third-order valence-corrected chi connectivity index (χ3v) is 7.76. The van der Waals surface area contributed by atoms with Crippen LogP contribution < -0.4 is 15.8 Å². The molecule has 3 N–H and O–H groups in total. The summed E-state index contributed by atoms with van der Waals surface area (Å²) in [7, 11) is 0. The van der Waals surface area contributed by atoms with Gasteiger partial charge in [0, 0.05) is 23.6 Å². The van der Waals surface area contributed by atoms with Crippen molar-refractivity contribution in [1.82, 2.24) is 15.2 Å². The lowest BCUT2D eigenvalue weighted by Gasteiger charge is -2.32. The zero-order valence-electron chi connectivity index (χ0n) is 21.9. The van der Waals surface area contributed by atoms with Crippen LogP contribution in [0.1, 0.15) is 61.1 Å². The number of thioether (sulfide) groups is 1. The highest BCUT2D eigenvalue weighted by molar-refractivity contribution is 8.11. The third-order valence-electron chi connectivity index (χ3n) is 6.60. The normalized spacial score (nSPS) is 16.8. The van der Waals surface area contributed by atoms with Crippen LogP contribution in [-0.4, -0.2) is 48.1 Å². The van der Waals surface area contributed by atoms with Crippen molar-refractivity contribution in [3.63, 3.8) is 0 Å². The van der Waals surface area contributed by atoms with Crippen LogP contribution in [0.2, 0.25) is 0 Å². The van der Waals surface area contributed by atoms with E-state index in [-0.39, 0.29) is 40.7 Å². The van der Waals surface area contributed by atoms with E-state index in [1.165, 1.54) is 17.0 Å². The third kappa shape index (κ3) is 7.15. The largest absolute Gasteiger partial charge is 0.474 e. The first-order valence-electron chi connectivity index (χ1n) is 13.0. The van der Waals surface area contributed by atoms with Crippen molar-refractivity contribution in [3.8, 4) is 11.9 Å². The highest BCUT2D eigenvalue weighted by Crippen LogP contribution is 2.38. The number of ether oxygens (including phenoxy) is 1. The number of nitrogens with zero attached hydrogens (tertiary/aromatic N) is 3. The molecule has 38 heavy (non-hydrogen) atoms. The number of nitrogen functional groups attached to an aromatic ring is 1. The highest BCUT2D eigenvalue weighted by atomic mass is 32.2. The molecule has 2 aliphatic heterocycles. The summed E-state index contributed by atoms with van der Waals surface area (Å²) < 4.78 is 19.9. The van der Waals surface area contributed by atoms with Gasteiger partial charge in [0.15, 0.2) is 0 Å². The fraction of sp³-hybridized carbons (Fsp3) is 0.414. The van der Waals surface area contributed by atoms with Gasteiger partial charge in [-0.25, -0.2) is 9.37 Å². The molecule has 1 aromatic heterocycles. The summed E-state index contributed by atoms with van der Waals surface area (Å²) in [5.74, 6) is -0.0655. The van der Waals surface area contributed by atoms with Crippen molar-refractivity contribution in [2.75, 3.05) is 31.9 Å². The minimum Gasteiger partial charge on any atom is -0.474 e. The smallest absolute Gasteiger partial charge is 0.270 e. The monoisotopic (exact) mass is 535 g/mol. The number of pyridine rings is 1. The minimum absolute atomic E-state index is 0.0830. The second kappa shape index (κ2) is 12.9. The van der Waals surface area contributed by atoms with E-state index in [2.05, 4.69) is 27.4 Å². The van der Waals surface area contributed by atoms with Crippen LogP contribution in [-0.2, 0) is 0 Å². The van der Waals surface area contributed by atoms with Gasteiger partial charge in [-0.2, -0.15) is 5.26 Å². The van der Waals surface area contributed by atoms with Gasteiger partial charge in [0.05, 0.1) is 11.8 Å².